The first-order valence-corrected chi connectivity index (χ1v) is 7.14. The largest absolute Gasteiger partial charge is 0.444 e. The molecule has 8 nitrogen and oxygen atoms in total. The smallest absolute Gasteiger partial charge is 0.416 e. The maximum absolute atomic E-state index is 12.9. The number of alkyl halides is 3. The molecule has 0 saturated carbocycles. The van der Waals surface area contributed by atoms with Gasteiger partial charge >= 0.3 is 17.6 Å². The maximum Gasteiger partial charge on any atom is 0.416 e. The molecule has 0 radical (unpaired) electrons. The molecule has 0 heterocycles. The SMILES string of the molecule is NCCc1ccc(Oc2c([N+](=O)[O-])cc(C(F)(F)F)cc2[N+](=O)[O-])cc1. The number of halogens is 3. The predicted octanol–water partition coefficient (Wildman–Crippen LogP) is 3.82. The number of hydrogen-bond donors (Lipinski definition) is 1. The number of rotatable bonds is 6. The number of nitrogens with two attached hydrogens (primary N) is 1. The quantitative estimate of drug-likeness (QED) is 0.608. The Morgan fingerprint density at radius 1 is 1.00 bits per heavy atom. The standard InChI is InChI=1S/C15H12F3N3O5/c16-15(17,18)10-7-12(20(22)23)14(13(8-10)21(24)25)26-11-3-1-9(2-4-11)5-6-19/h1-4,7-8H,5-6,19H2. The maximum atomic E-state index is 12.9. The predicted molar refractivity (Wildman–Crippen MR) is 84.0 cm³/mol. The molecular formula is C15H12F3N3O5. The third-order valence-electron chi connectivity index (χ3n) is 3.35. The van der Waals surface area contributed by atoms with Gasteiger partial charge in [0.1, 0.15) is 5.75 Å². The molecule has 2 aromatic carbocycles. The Kier molecular flexibility index (Phi) is 5.41. The van der Waals surface area contributed by atoms with Gasteiger partial charge in [0, 0.05) is 12.1 Å². The molecule has 0 aliphatic heterocycles. The molecule has 0 unspecified atom stereocenters. The van der Waals surface area contributed by atoms with Gasteiger partial charge in [-0.2, -0.15) is 13.2 Å². The molecule has 0 saturated heterocycles. The molecule has 0 aromatic heterocycles. The lowest BCUT2D eigenvalue weighted by Crippen LogP contribution is -2.08. The number of ether oxygens (including phenoxy) is 1. The molecular weight excluding hydrogens is 359 g/mol. The summed E-state index contributed by atoms with van der Waals surface area (Å²) in [4.78, 5) is 19.9. The second-order valence-corrected chi connectivity index (χ2v) is 5.14. The minimum atomic E-state index is -4.99. The Bertz CT molecular complexity index is 802. The highest BCUT2D eigenvalue weighted by atomic mass is 19.4. The van der Waals surface area contributed by atoms with E-state index in [2.05, 4.69) is 0 Å². The van der Waals surface area contributed by atoms with Crippen LogP contribution in [0.25, 0.3) is 0 Å². The van der Waals surface area contributed by atoms with E-state index in [1.807, 2.05) is 0 Å². The van der Waals surface area contributed by atoms with Gasteiger partial charge in [-0.25, -0.2) is 0 Å². The third kappa shape index (κ3) is 4.25. The van der Waals surface area contributed by atoms with E-state index in [9.17, 15) is 33.4 Å². The van der Waals surface area contributed by atoms with Crippen LogP contribution in [0.4, 0.5) is 24.5 Å². The van der Waals surface area contributed by atoms with E-state index in [4.69, 9.17) is 10.5 Å². The topological polar surface area (TPSA) is 122 Å². The number of nitro groups is 2. The lowest BCUT2D eigenvalue weighted by atomic mass is 10.1. The minimum Gasteiger partial charge on any atom is -0.444 e. The number of nitro benzene ring substituents is 2. The average Bonchev–Trinajstić information content (AvgIpc) is 2.55. The molecule has 0 bridgehead atoms. The fraction of sp³-hybridized carbons (Fsp3) is 0.200. The zero-order chi connectivity index (χ0) is 19.5. The summed E-state index contributed by atoms with van der Waals surface area (Å²) >= 11 is 0. The lowest BCUT2D eigenvalue weighted by molar-refractivity contribution is -0.396. The van der Waals surface area contributed by atoms with Crippen molar-refractivity contribution < 1.29 is 27.8 Å². The second kappa shape index (κ2) is 7.35. The summed E-state index contributed by atoms with van der Waals surface area (Å²) in [6.07, 6.45) is -4.43. The third-order valence-corrected chi connectivity index (χ3v) is 3.35. The van der Waals surface area contributed by atoms with E-state index >= 15 is 0 Å². The van der Waals surface area contributed by atoms with E-state index in [-0.39, 0.29) is 17.9 Å². The molecule has 0 fully saturated rings. The Morgan fingerprint density at radius 2 is 1.50 bits per heavy atom. The summed E-state index contributed by atoms with van der Waals surface area (Å²) in [5, 5.41) is 22.3. The van der Waals surface area contributed by atoms with Crippen LogP contribution in [0.2, 0.25) is 0 Å². The van der Waals surface area contributed by atoms with Crippen LogP contribution >= 0.6 is 0 Å². The van der Waals surface area contributed by atoms with Gasteiger partial charge < -0.3 is 10.5 Å². The summed E-state index contributed by atoms with van der Waals surface area (Å²) in [5.41, 5.74) is 2.41. The van der Waals surface area contributed by atoms with Crippen LogP contribution in [-0.4, -0.2) is 16.4 Å². The molecule has 0 spiro atoms. The summed E-state index contributed by atoms with van der Waals surface area (Å²) in [7, 11) is 0. The first-order chi connectivity index (χ1) is 12.1. The zero-order valence-corrected chi connectivity index (χ0v) is 13.0. The van der Waals surface area contributed by atoms with E-state index in [0.29, 0.717) is 13.0 Å². The van der Waals surface area contributed by atoms with Gasteiger partial charge in [-0.05, 0) is 30.7 Å². The van der Waals surface area contributed by atoms with Gasteiger partial charge in [0.25, 0.3) is 5.75 Å². The first-order valence-electron chi connectivity index (χ1n) is 7.14. The monoisotopic (exact) mass is 371 g/mol. The minimum absolute atomic E-state index is 0.00303. The number of benzene rings is 2. The Labute approximate surface area is 144 Å². The molecule has 0 aliphatic carbocycles. The van der Waals surface area contributed by atoms with Crippen molar-refractivity contribution in [2.75, 3.05) is 6.54 Å². The van der Waals surface area contributed by atoms with Gasteiger partial charge in [-0.1, -0.05) is 12.1 Å². The van der Waals surface area contributed by atoms with Crippen molar-refractivity contribution in [3.63, 3.8) is 0 Å². The van der Waals surface area contributed by atoms with E-state index < -0.39 is 38.7 Å². The van der Waals surface area contributed by atoms with Crippen molar-refractivity contribution in [3.8, 4) is 11.5 Å². The second-order valence-electron chi connectivity index (χ2n) is 5.14. The van der Waals surface area contributed by atoms with Gasteiger partial charge in [-0.3, -0.25) is 20.2 Å². The van der Waals surface area contributed by atoms with Crippen LogP contribution in [0.15, 0.2) is 36.4 Å². The lowest BCUT2D eigenvalue weighted by Gasteiger charge is -2.11. The highest BCUT2D eigenvalue weighted by Gasteiger charge is 2.38. The average molecular weight is 371 g/mol. The van der Waals surface area contributed by atoms with Crippen LogP contribution in [0, 0.1) is 20.2 Å². The van der Waals surface area contributed by atoms with Crippen molar-refractivity contribution in [2.45, 2.75) is 12.6 Å². The van der Waals surface area contributed by atoms with E-state index in [0.717, 1.165) is 5.56 Å². The normalized spacial score (nSPS) is 11.2. The molecule has 26 heavy (non-hydrogen) atoms. The van der Waals surface area contributed by atoms with E-state index in [1.54, 1.807) is 12.1 Å². The van der Waals surface area contributed by atoms with Crippen LogP contribution in [0.5, 0.6) is 11.5 Å². The Hall–Kier alpha value is -3.21. The van der Waals surface area contributed by atoms with Crippen LogP contribution in [0.1, 0.15) is 11.1 Å². The van der Waals surface area contributed by atoms with Gasteiger partial charge in [0.15, 0.2) is 0 Å². The number of nitrogens with zero attached hydrogens (tertiary/aromatic N) is 2. The molecule has 11 heteroatoms. The molecule has 2 N–H and O–H groups in total. The summed E-state index contributed by atoms with van der Waals surface area (Å²) in [6, 6.07) is 6.34. The molecule has 0 atom stereocenters. The van der Waals surface area contributed by atoms with Gasteiger partial charge in [-0.15, -0.1) is 0 Å². The fourth-order valence-electron chi connectivity index (χ4n) is 2.15. The Balaban J connectivity index is 2.55. The van der Waals surface area contributed by atoms with Crippen LogP contribution < -0.4 is 10.5 Å². The zero-order valence-electron chi connectivity index (χ0n) is 13.0. The van der Waals surface area contributed by atoms with Gasteiger partial charge in [0.05, 0.1) is 15.4 Å². The molecule has 138 valence electrons. The Morgan fingerprint density at radius 3 is 1.88 bits per heavy atom. The summed E-state index contributed by atoms with van der Waals surface area (Å²) < 4.78 is 43.7. The molecule has 2 rings (SSSR count). The van der Waals surface area contributed by atoms with Crippen LogP contribution in [-0.2, 0) is 12.6 Å². The molecule has 2 aromatic rings. The van der Waals surface area contributed by atoms with Crippen molar-refractivity contribution in [2.24, 2.45) is 5.73 Å². The highest BCUT2D eigenvalue weighted by Crippen LogP contribution is 2.44. The highest BCUT2D eigenvalue weighted by molar-refractivity contribution is 5.63. The van der Waals surface area contributed by atoms with Crippen molar-refractivity contribution in [1.29, 1.82) is 0 Å². The van der Waals surface area contributed by atoms with Crippen molar-refractivity contribution >= 4 is 11.4 Å². The van der Waals surface area contributed by atoms with Crippen molar-refractivity contribution in [1.82, 2.24) is 0 Å². The first kappa shape index (κ1) is 19.1. The fourth-order valence-corrected chi connectivity index (χ4v) is 2.15. The van der Waals surface area contributed by atoms with E-state index in [1.165, 1.54) is 12.1 Å². The molecule has 0 aliphatic rings. The number of hydrogen-bond acceptors (Lipinski definition) is 6. The van der Waals surface area contributed by atoms with Crippen LogP contribution in [0.3, 0.4) is 0 Å². The summed E-state index contributed by atoms with van der Waals surface area (Å²) in [6.45, 7) is 0.385. The molecule has 0 amide bonds. The van der Waals surface area contributed by atoms with Crippen molar-refractivity contribution in [3.05, 3.63) is 67.8 Å². The van der Waals surface area contributed by atoms with Gasteiger partial charge in [0.2, 0.25) is 0 Å². The summed E-state index contributed by atoms with van der Waals surface area (Å²) in [5.74, 6) is -0.878.